The van der Waals surface area contributed by atoms with E-state index >= 15 is 0 Å². The van der Waals surface area contributed by atoms with Crippen molar-refractivity contribution >= 4 is 22.6 Å². The van der Waals surface area contributed by atoms with Crippen LogP contribution in [0.2, 0.25) is 5.15 Å². The van der Waals surface area contributed by atoms with Crippen LogP contribution in [-0.4, -0.2) is 14.5 Å². The zero-order valence-corrected chi connectivity index (χ0v) is 10.8. The fourth-order valence-corrected chi connectivity index (χ4v) is 2.28. The molecule has 0 aromatic carbocycles. The molecule has 0 aliphatic carbocycles. The maximum atomic E-state index is 6.12. The highest BCUT2D eigenvalue weighted by Gasteiger charge is 2.15. The van der Waals surface area contributed by atoms with Crippen LogP contribution in [0.15, 0.2) is 6.33 Å². The van der Waals surface area contributed by atoms with Crippen LogP contribution in [0.5, 0.6) is 0 Å². The molecule has 0 aliphatic rings. The summed E-state index contributed by atoms with van der Waals surface area (Å²) < 4.78 is 2.23. The summed E-state index contributed by atoms with van der Waals surface area (Å²) >= 11 is 6.12. The summed E-state index contributed by atoms with van der Waals surface area (Å²) in [6.07, 6.45) is 1.53. The van der Waals surface area contributed by atoms with Crippen molar-refractivity contribution < 1.29 is 0 Å². The topological polar surface area (TPSA) is 30.7 Å². The molecule has 2 aromatic rings. The molecule has 0 radical (unpaired) electrons. The van der Waals surface area contributed by atoms with Gasteiger partial charge in [-0.3, -0.25) is 0 Å². The molecule has 3 nitrogen and oxygen atoms in total. The SMILES string of the molecule is Cc1c(C)n(CC(C)C)c2ncnc(Cl)c12. The quantitative estimate of drug-likeness (QED) is 0.750. The zero-order chi connectivity index (χ0) is 11.9. The van der Waals surface area contributed by atoms with E-state index in [0.717, 1.165) is 17.6 Å². The van der Waals surface area contributed by atoms with Crippen molar-refractivity contribution in [2.45, 2.75) is 34.2 Å². The standard InChI is InChI=1S/C12H16ClN3/c1-7(2)5-16-9(4)8(3)10-11(13)14-6-15-12(10)16/h6-7H,5H2,1-4H3. The largest absolute Gasteiger partial charge is 0.329 e. The van der Waals surface area contributed by atoms with Crippen LogP contribution >= 0.6 is 11.6 Å². The molecule has 0 fully saturated rings. The van der Waals surface area contributed by atoms with E-state index < -0.39 is 0 Å². The van der Waals surface area contributed by atoms with E-state index in [1.165, 1.54) is 17.6 Å². The Bertz CT molecular complexity index is 529. The van der Waals surface area contributed by atoms with Gasteiger partial charge in [0.05, 0.1) is 5.39 Å². The molecular formula is C12H16ClN3. The second kappa shape index (κ2) is 4.06. The fraction of sp³-hybridized carbons (Fsp3) is 0.500. The number of aromatic nitrogens is 3. The molecule has 2 heterocycles. The van der Waals surface area contributed by atoms with Crippen molar-refractivity contribution in [3.05, 3.63) is 22.7 Å². The second-order valence-corrected chi connectivity index (χ2v) is 4.94. The van der Waals surface area contributed by atoms with Crippen LogP contribution < -0.4 is 0 Å². The highest BCUT2D eigenvalue weighted by Crippen LogP contribution is 2.28. The van der Waals surface area contributed by atoms with E-state index in [9.17, 15) is 0 Å². The third-order valence-corrected chi connectivity index (χ3v) is 3.19. The van der Waals surface area contributed by atoms with E-state index in [2.05, 4.69) is 42.2 Å². The van der Waals surface area contributed by atoms with Gasteiger partial charge < -0.3 is 4.57 Å². The number of fused-ring (bicyclic) bond motifs is 1. The maximum Gasteiger partial charge on any atom is 0.145 e. The van der Waals surface area contributed by atoms with Gasteiger partial charge in [0.25, 0.3) is 0 Å². The summed E-state index contributed by atoms with van der Waals surface area (Å²) in [5.41, 5.74) is 3.36. The molecule has 0 aliphatic heterocycles. The predicted molar refractivity (Wildman–Crippen MR) is 66.9 cm³/mol. The molecule has 0 N–H and O–H groups in total. The Hall–Kier alpha value is -1.09. The van der Waals surface area contributed by atoms with Crippen LogP contribution in [0.4, 0.5) is 0 Å². The van der Waals surface area contributed by atoms with Crippen LogP contribution in [-0.2, 0) is 6.54 Å². The van der Waals surface area contributed by atoms with Crippen LogP contribution in [0.3, 0.4) is 0 Å². The third-order valence-electron chi connectivity index (χ3n) is 2.91. The van der Waals surface area contributed by atoms with Gasteiger partial charge in [-0.15, -0.1) is 0 Å². The van der Waals surface area contributed by atoms with Crippen LogP contribution in [0.25, 0.3) is 11.0 Å². The highest BCUT2D eigenvalue weighted by atomic mass is 35.5. The van der Waals surface area contributed by atoms with Crippen molar-refractivity contribution in [2.75, 3.05) is 0 Å². The van der Waals surface area contributed by atoms with Gasteiger partial charge in [-0.25, -0.2) is 9.97 Å². The summed E-state index contributed by atoms with van der Waals surface area (Å²) in [5.74, 6) is 0.586. The Labute approximate surface area is 100 Å². The summed E-state index contributed by atoms with van der Waals surface area (Å²) in [4.78, 5) is 8.39. The minimum atomic E-state index is 0.549. The molecule has 4 heteroatoms. The molecule has 0 saturated heterocycles. The van der Waals surface area contributed by atoms with Crippen molar-refractivity contribution in [2.24, 2.45) is 5.92 Å². The maximum absolute atomic E-state index is 6.12. The first-order chi connectivity index (χ1) is 7.52. The van der Waals surface area contributed by atoms with Crippen molar-refractivity contribution in [3.8, 4) is 0 Å². The first-order valence-corrected chi connectivity index (χ1v) is 5.86. The summed E-state index contributed by atoms with van der Waals surface area (Å²) in [6.45, 7) is 9.54. The number of rotatable bonds is 2. The van der Waals surface area contributed by atoms with Gasteiger partial charge in [0.15, 0.2) is 0 Å². The van der Waals surface area contributed by atoms with Crippen molar-refractivity contribution in [1.29, 1.82) is 0 Å². The van der Waals surface area contributed by atoms with E-state index in [4.69, 9.17) is 11.6 Å². The molecule has 2 aromatic heterocycles. The molecule has 0 saturated carbocycles. The van der Waals surface area contributed by atoms with E-state index in [0.29, 0.717) is 11.1 Å². The molecule has 0 bridgehead atoms. The van der Waals surface area contributed by atoms with Gasteiger partial charge in [-0.2, -0.15) is 0 Å². The number of nitrogens with zero attached hydrogens (tertiary/aromatic N) is 3. The van der Waals surface area contributed by atoms with Gasteiger partial charge in [0.2, 0.25) is 0 Å². The lowest BCUT2D eigenvalue weighted by Gasteiger charge is -2.10. The fourth-order valence-electron chi connectivity index (χ4n) is 2.01. The highest BCUT2D eigenvalue weighted by molar-refractivity contribution is 6.34. The Balaban J connectivity index is 2.74. The molecule has 0 amide bonds. The average Bonchev–Trinajstić information content (AvgIpc) is 2.44. The monoisotopic (exact) mass is 237 g/mol. The Morgan fingerprint density at radius 2 is 2.00 bits per heavy atom. The number of aryl methyl sites for hydroxylation is 1. The number of halogens is 1. The van der Waals surface area contributed by atoms with E-state index in [1.54, 1.807) is 0 Å². The number of hydrogen-bond acceptors (Lipinski definition) is 2. The minimum absolute atomic E-state index is 0.549. The minimum Gasteiger partial charge on any atom is -0.329 e. The normalized spacial score (nSPS) is 11.6. The lowest BCUT2D eigenvalue weighted by molar-refractivity contribution is 0.524. The molecule has 0 unspecified atom stereocenters. The first-order valence-electron chi connectivity index (χ1n) is 5.48. The molecule has 2 rings (SSSR count). The Kier molecular flexibility index (Phi) is 2.89. The van der Waals surface area contributed by atoms with Crippen LogP contribution in [0.1, 0.15) is 25.1 Å². The second-order valence-electron chi connectivity index (χ2n) is 4.58. The zero-order valence-electron chi connectivity index (χ0n) is 10.1. The molecule has 86 valence electrons. The van der Waals surface area contributed by atoms with Crippen LogP contribution in [0, 0.1) is 19.8 Å². The molecular weight excluding hydrogens is 222 g/mol. The molecule has 0 atom stereocenters. The van der Waals surface area contributed by atoms with Gasteiger partial charge in [0, 0.05) is 12.2 Å². The summed E-state index contributed by atoms with van der Waals surface area (Å²) in [5, 5.41) is 1.54. The third kappa shape index (κ3) is 1.69. The summed E-state index contributed by atoms with van der Waals surface area (Å²) in [7, 11) is 0. The smallest absolute Gasteiger partial charge is 0.145 e. The van der Waals surface area contributed by atoms with E-state index in [-0.39, 0.29) is 0 Å². The van der Waals surface area contributed by atoms with Gasteiger partial charge in [0.1, 0.15) is 17.1 Å². The molecule has 16 heavy (non-hydrogen) atoms. The van der Waals surface area contributed by atoms with Crippen molar-refractivity contribution in [3.63, 3.8) is 0 Å². The lowest BCUT2D eigenvalue weighted by Crippen LogP contribution is -2.06. The van der Waals surface area contributed by atoms with E-state index in [1.807, 2.05) is 0 Å². The average molecular weight is 238 g/mol. The molecule has 0 spiro atoms. The number of hydrogen-bond donors (Lipinski definition) is 0. The van der Waals surface area contributed by atoms with Gasteiger partial charge in [-0.05, 0) is 25.3 Å². The van der Waals surface area contributed by atoms with Crippen molar-refractivity contribution in [1.82, 2.24) is 14.5 Å². The Morgan fingerprint density at radius 3 is 2.62 bits per heavy atom. The van der Waals surface area contributed by atoms with Gasteiger partial charge >= 0.3 is 0 Å². The predicted octanol–water partition coefficient (Wildman–Crippen LogP) is 3.36. The van der Waals surface area contributed by atoms with Gasteiger partial charge in [-0.1, -0.05) is 25.4 Å². The Morgan fingerprint density at radius 1 is 1.31 bits per heavy atom. The lowest BCUT2D eigenvalue weighted by atomic mass is 10.2. The first kappa shape index (κ1) is 11.4. The summed E-state index contributed by atoms with van der Waals surface area (Å²) in [6, 6.07) is 0.